The van der Waals surface area contributed by atoms with Gasteiger partial charge in [0.1, 0.15) is 0 Å². The number of ether oxygens (including phenoxy) is 1. The zero-order valence-electron chi connectivity index (χ0n) is 18.2. The molecule has 1 saturated heterocycles. The number of nitrogens with one attached hydrogen (secondary N) is 1. The molecular formula is C24H25N3O5S. The Morgan fingerprint density at radius 1 is 0.909 bits per heavy atom. The highest BCUT2D eigenvalue weighted by Crippen LogP contribution is 2.21. The Bertz CT molecular complexity index is 1270. The number of rotatable bonds is 5. The van der Waals surface area contributed by atoms with Crippen molar-refractivity contribution in [1.29, 1.82) is 0 Å². The Kier molecular flexibility index (Phi) is 6.62. The summed E-state index contributed by atoms with van der Waals surface area (Å²) >= 11 is 0. The van der Waals surface area contributed by atoms with Gasteiger partial charge in [0.2, 0.25) is 10.0 Å². The van der Waals surface area contributed by atoms with Gasteiger partial charge in [0.25, 0.3) is 5.91 Å². The summed E-state index contributed by atoms with van der Waals surface area (Å²) in [6.45, 7) is 2.91. The molecule has 1 N–H and O–H groups in total. The van der Waals surface area contributed by atoms with Gasteiger partial charge in [-0.1, -0.05) is 30.3 Å². The zero-order chi connectivity index (χ0) is 23.4. The Morgan fingerprint density at radius 2 is 1.58 bits per heavy atom. The molecular weight excluding hydrogens is 442 g/mol. The number of anilines is 1. The van der Waals surface area contributed by atoms with Crippen molar-refractivity contribution in [1.82, 2.24) is 9.21 Å². The molecule has 0 saturated carbocycles. The zero-order valence-corrected chi connectivity index (χ0v) is 19.0. The molecule has 4 rings (SSSR count). The van der Waals surface area contributed by atoms with Gasteiger partial charge in [-0.25, -0.2) is 13.2 Å². The molecule has 9 heteroatoms. The molecule has 0 unspecified atom stereocenters. The quantitative estimate of drug-likeness (QED) is 0.619. The van der Waals surface area contributed by atoms with Crippen molar-refractivity contribution < 1.29 is 22.7 Å². The van der Waals surface area contributed by atoms with Crippen molar-refractivity contribution in [3.05, 3.63) is 72.3 Å². The maximum Gasteiger partial charge on any atom is 0.409 e. The molecule has 1 aliphatic rings. The van der Waals surface area contributed by atoms with Crippen molar-refractivity contribution in [2.45, 2.75) is 11.8 Å². The molecule has 8 nitrogen and oxygen atoms in total. The molecule has 1 aliphatic heterocycles. The van der Waals surface area contributed by atoms with Gasteiger partial charge in [0.15, 0.2) is 0 Å². The number of nitrogens with zero attached hydrogens (tertiary/aromatic N) is 2. The molecule has 0 atom stereocenters. The number of amides is 2. The fourth-order valence-electron chi connectivity index (χ4n) is 3.72. The first-order valence-electron chi connectivity index (χ1n) is 10.7. The first-order valence-corrected chi connectivity index (χ1v) is 12.1. The summed E-state index contributed by atoms with van der Waals surface area (Å²) in [7, 11) is -3.73. The minimum Gasteiger partial charge on any atom is -0.450 e. The van der Waals surface area contributed by atoms with Gasteiger partial charge < -0.3 is 15.0 Å². The topological polar surface area (TPSA) is 96.0 Å². The second-order valence-corrected chi connectivity index (χ2v) is 9.57. The fraction of sp³-hybridized carbons (Fsp3) is 0.250. The van der Waals surface area contributed by atoms with Gasteiger partial charge >= 0.3 is 6.09 Å². The van der Waals surface area contributed by atoms with Crippen LogP contribution in [0.5, 0.6) is 0 Å². The van der Waals surface area contributed by atoms with Crippen molar-refractivity contribution in [2.24, 2.45) is 0 Å². The molecule has 0 radical (unpaired) electrons. The highest BCUT2D eigenvalue weighted by Gasteiger charge is 2.30. The summed E-state index contributed by atoms with van der Waals surface area (Å²) in [6, 6.07) is 19.4. The maximum atomic E-state index is 13.0. The van der Waals surface area contributed by atoms with Crippen LogP contribution >= 0.6 is 0 Å². The standard InChI is InChI=1S/C24H25N3O5S/c1-2-32-24(29)26-13-15-27(16-14-26)33(30,31)22-11-8-19(9-12-22)23(28)25-21-10-7-18-5-3-4-6-20(18)17-21/h3-12,17H,2,13-16H2,1H3,(H,25,28). The third-order valence-electron chi connectivity index (χ3n) is 5.53. The molecule has 0 bridgehead atoms. The minimum absolute atomic E-state index is 0.106. The van der Waals surface area contributed by atoms with E-state index in [4.69, 9.17) is 4.74 Å². The minimum atomic E-state index is -3.73. The van der Waals surface area contributed by atoms with Crippen molar-refractivity contribution in [3.63, 3.8) is 0 Å². The Balaban J connectivity index is 1.41. The lowest BCUT2D eigenvalue weighted by molar-refractivity contribution is 0.0933. The van der Waals surface area contributed by atoms with E-state index >= 15 is 0 Å². The largest absolute Gasteiger partial charge is 0.450 e. The lowest BCUT2D eigenvalue weighted by Crippen LogP contribution is -2.50. The summed E-state index contributed by atoms with van der Waals surface area (Å²) in [5, 5.41) is 4.94. The smallest absolute Gasteiger partial charge is 0.409 e. The Labute approximate surface area is 192 Å². The number of piperazine rings is 1. The molecule has 0 aliphatic carbocycles. The van der Waals surface area contributed by atoms with Crippen LogP contribution in [-0.2, 0) is 14.8 Å². The number of fused-ring (bicyclic) bond motifs is 1. The van der Waals surface area contributed by atoms with Crippen LogP contribution in [0.3, 0.4) is 0 Å². The fourth-order valence-corrected chi connectivity index (χ4v) is 5.15. The predicted octanol–water partition coefficient (Wildman–Crippen LogP) is 3.55. The third-order valence-corrected chi connectivity index (χ3v) is 7.44. The lowest BCUT2D eigenvalue weighted by Gasteiger charge is -2.33. The summed E-state index contributed by atoms with van der Waals surface area (Å²) < 4.78 is 32.3. The van der Waals surface area contributed by atoms with Crippen molar-refractivity contribution in [3.8, 4) is 0 Å². The van der Waals surface area contributed by atoms with Crippen LogP contribution in [0.25, 0.3) is 10.8 Å². The van der Waals surface area contributed by atoms with E-state index in [1.165, 1.54) is 33.5 Å². The molecule has 1 heterocycles. The lowest BCUT2D eigenvalue weighted by atomic mass is 10.1. The molecule has 2 amide bonds. The third kappa shape index (κ3) is 4.99. The van der Waals surface area contributed by atoms with Gasteiger partial charge in [0, 0.05) is 37.4 Å². The Morgan fingerprint density at radius 3 is 2.24 bits per heavy atom. The molecule has 0 spiro atoms. The van der Waals surface area contributed by atoms with E-state index in [9.17, 15) is 18.0 Å². The molecule has 33 heavy (non-hydrogen) atoms. The van der Waals surface area contributed by atoms with E-state index in [-0.39, 0.29) is 43.6 Å². The predicted molar refractivity (Wildman–Crippen MR) is 126 cm³/mol. The number of sulfonamides is 1. The van der Waals surface area contributed by atoms with Crippen LogP contribution < -0.4 is 5.32 Å². The van der Waals surface area contributed by atoms with Crippen LogP contribution in [0.1, 0.15) is 17.3 Å². The average molecular weight is 468 g/mol. The van der Waals surface area contributed by atoms with E-state index in [1.807, 2.05) is 42.5 Å². The maximum absolute atomic E-state index is 13.0. The van der Waals surface area contributed by atoms with Gasteiger partial charge in [0.05, 0.1) is 11.5 Å². The average Bonchev–Trinajstić information content (AvgIpc) is 2.84. The van der Waals surface area contributed by atoms with Crippen LogP contribution in [0, 0.1) is 0 Å². The Hall–Kier alpha value is -3.43. The first kappa shape index (κ1) is 22.8. The second kappa shape index (κ2) is 9.60. The summed E-state index contributed by atoms with van der Waals surface area (Å²) in [5.41, 5.74) is 1.02. The monoisotopic (exact) mass is 467 g/mol. The van der Waals surface area contributed by atoms with E-state index < -0.39 is 16.1 Å². The second-order valence-electron chi connectivity index (χ2n) is 7.63. The van der Waals surface area contributed by atoms with Gasteiger partial charge in [-0.15, -0.1) is 0 Å². The van der Waals surface area contributed by atoms with Crippen LogP contribution in [0.4, 0.5) is 10.5 Å². The van der Waals surface area contributed by atoms with Crippen molar-refractivity contribution >= 4 is 38.5 Å². The van der Waals surface area contributed by atoms with Crippen LogP contribution in [0.15, 0.2) is 71.6 Å². The van der Waals surface area contributed by atoms with Gasteiger partial charge in [-0.05, 0) is 54.1 Å². The van der Waals surface area contributed by atoms with E-state index in [2.05, 4.69) is 5.32 Å². The summed E-state index contributed by atoms with van der Waals surface area (Å²) in [5.74, 6) is -0.322. The SMILES string of the molecule is CCOC(=O)N1CCN(S(=O)(=O)c2ccc(C(=O)Nc3ccc4ccccc4c3)cc2)CC1. The number of hydrogen-bond donors (Lipinski definition) is 1. The van der Waals surface area contributed by atoms with Gasteiger partial charge in [-0.3, -0.25) is 4.79 Å². The number of carbonyl (C=O) groups excluding carboxylic acids is 2. The normalized spacial score (nSPS) is 14.8. The summed E-state index contributed by atoms with van der Waals surface area (Å²) in [4.78, 5) is 26.1. The van der Waals surface area contributed by atoms with E-state index in [0.717, 1.165) is 10.8 Å². The highest BCUT2D eigenvalue weighted by molar-refractivity contribution is 7.89. The van der Waals surface area contributed by atoms with E-state index in [0.29, 0.717) is 11.3 Å². The number of carbonyl (C=O) groups is 2. The van der Waals surface area contributed by atoms with Gasteiger partial charge in [-0.2, -0.15) is 4.31 Å². The number of hydrogen-bond acceptors (Lipinski definition) is 5. The van der Waals surface area contributed by atoms with E-state index in [1.54, 1.807) is 6.92 Å². The molecule has 3 aromatic carbocycles. The highest BCUT2D eigenvalue weighted by atomic mass is 32.2. The van der Waals surface area contributed by atoms with Crippen LogP contribution in [-0.4, -0.2) is 62.4 Å². The molecule has 0 aromatic heterocycles. The molecule has 1 fully saturated rings. The molecule has 172 valence electrons. The van der Waals surface area contributed by atoms with Crippen LogP contribution in [0.2, 0.25) is 0 Å². The van der Waals surface area contributed by atoms with Crippen molar-refractivity contribution in [2.75, 3.05) is 38.1 Å². The summed E-state index contributed by atoms with van der Waals surface area (Å²) in [6.07, 6.45) is -0.434. The number of benzene rings is 3. The molecule has 3 aromatic rings. The first-order chi connectivity index (χ1) is 15.9.